The Morgan fingerprint density at radius 1 is 1.00 bits per heavy atom. The summed E-state index contributed by atoms with van der Waals surface area (Å²) in [7, 11) is 0. The predicted molar refractivity (Wildman–Crippen MR) is 73.0 cm³/mol. The van der Waals surface area contributed by atoms with Gasteiger partial charge in [-0.2, -0.15) is 0 Å². The SMILES string of the molecule is CCCCCCC(C)(C)CCCC(=O)OCC. The summed E-state index contributed by atoms with van der Waals surface area (Å²) in [6.07, 6.45) is 9.24. The molecule has 0 aliphatic carbocycles. The van der Waals surface area contributed by atoms with E-state index in [-0.39, 0.29) is 5.97 Å². The van der Waals surface area contributed by atoms with Crippen molar-refractivity contribution in [2.24, 2.45) is 5.41 Å². The smallest absolute Gasteiger partial charge is 0.305 e. The van der Waals surface area contributed by atoms with Crippen LogP contribution in [0.25, 0.3) is 0 Å². The lowest BCUT2D eigenvalue weighted by Gasteiger charge is -2.24. The van der Waals surface area contributed by atoms with Gasteiger partial charge < -0.3 is 4.74 Å². The average Bonchev–Trinajstić information content (AvgIpc) is 2.24. The lowest BCUT2D eigenvalue weighted by Crippen LogP contribution is -2.12. The fourth-order valence-electron chi connectivity index (χ4n) is 2.10. The van der Waals surface area contributed by atoms with Gasteiger partial charge >= 0.3 is 5.97 Å². The molecule has 0 aromatic carbocycles. The molecule has 0 rings (SSSR count). The number of hydrogen-bond acceptors (Lipinski definition) is 2. The molecule has 0 unspecified atom stereocenters. The van der Waals surface area contributed by atoms with Crippen molar-refractivity contribution >= 4 is 5.97 Å². The van der Waals surface area contributed by atoms with Gasteiger partial charge in [-0.3, -0.25) is 4.79 Å². The zero-order valence-electron chi connectivity index (χ0n) is 12.2. The topological polar surface area (TPSA) is 26.3 Å². The van der Waals surface area contributed by atoms with E-state index in [2.05, 4.69) is 20.8 Å². The molecule has 0 aromatic rings. The summed E-state index contributed by atoms with van der Waals surface area (Å²) in [5.74, 6) is -0.0470. The van der Waals surface area contributed by atoms with Crippen LogP contribution in [0.4, 0.5) is 0 Å². The molecule has 0 spiro atoms. The van der Waals surface area contributed by atoms with E-state index < -0.39 is 0 Å². The summed E-state index contributed by atoms with van der Waals surface area (Å²) in [5, 5.41) is 0. The third-order valence-corrected chi connectivity index (χ3v) is 3.25. The second-order valence-corrected chi connectivity index (χ2v) is 5.63. The van der Waals surface area contributed by atoms with E-state index in [1.807, 2.05) is 6.92 Å². The van der Waals surface area contributed by atoms with Crippen LogP contribution in [0, 0.1) is 5.41 Å². The van der Waals surface area contributed by atoms with Crippen LogP contribution in [0.3, 0.4) is 0 Å². The molecule has 0 saturated heterocycles. The minimum absolute atomic E-state index is 0.0470. The molecule has 0 aromatic heterocycles. The zero-order valence-corrected chi connectivity index (χ0v) is 12.2. The van der Waals surface area contributed by atoms with Crippen molar-refractivity contribution < 1.29 is 9.53 Å². The van der Waals surface area contributed by atoms with E-state index in [1.165, 1.54) is 32.1 Å². The summed E-state index contributed by atoms with van der Waals surface area (Å²) in [6.45, 7) is 9.22. The number of ether oxygens (including phenoxy) is 1. The van der Waals surface area contributed by atoms with Gasteiger partial charge in [0.25, 0.3) is 0 Å². The number of carbonyl (C=O) groups excluding carboxylic acids is 1. The highest BCUT2D eigenvalue weighted by molar-refractivity contribution is 5.69. The molecule has 17 heavy (non-hydrogen) atoms. The predicted octanol–water partition coefficient (Wildman–Crippen LogP) is 4.72. The molecule has 0 N–H and O–H groups in total. The zero-order chi connectivity index (χ0) is 13.1. The Bertz CT molecular complexity index is 197. The first-order valence-electron chi connectivity index (χ1n) is 7.17. The van der Waals surface area contributed by atoms with Crippen molar-refractivity contribution in [1.82, 2.24) is 0 Å². The first kappa shape index (κ1) is 16.5. The van der Waals surface area contributed by atoms with Gasteiger partial charge in [0.1, 0.15) is 0 Å². The molecule has 0 atom stereocenters. The number of esters is 1. The first-order chi connectivity index (χ1) is 8.02. The fraction of sp³-hybridized carbons (Fsp3) is 0.933. The molecule has 0 aliphatic rings. The monoisotopic (exact) mass is 242 g/mol. The Morgan fingerprint density at radius 3 is 2.24 bits per heavy atom. The van der Waals surface area contributed by atoms with E-state index in [0.29, 0.717) is 18.4 Å². The molecule has 0 bridgehead atoms. The molecule has 2 nitrogen and oxygen atoms in total. The number of unbranched alkanes of at least 4 members (excludes halogenated alkanes) is 3. The highest BCUT2D eigenvalue weighted by Gasteiger charge is 2.17. The van der Waals surface area contributed by atoms with Gasteiger partial charge in [-0.15, -0.1) is 0 Å². The van der Waals surface area contributed by atoms with Gasteiger partial charge in [0.15, 0.2) is 0 Å². The van der Waals surface area contributed by atoms with Crippen LogP contribution in [0.2, 0.25) is 0 Å². The van der Waals surface area contributed by atoms with Crippen LogP contribution in [-0.4, -0.2) is 12.6 Å². The summed E-state index contributed by atoms with van der Waals surface area (Å²) < 4.78 is 4.93. The van der Waals surface area contributed by atoms with E-state index in [0.717, 1.165) is 12.8 Å². The van der Waals surface area contributed by atoms with Crippen LogP contribution in [0.5, 0.6) is 0 Å². The van der Waals surface area contributed by atoms with Gasteiger partial charge in [0, 0.05) is 6.42 Å². The Kier molecular flexibility index (Phi) is 9.20. The van der Waals surface area contributed by atoms with Gasteiger partial charge in [-0.1, -0.05) is 46.5 Å². The van der Waals surface area contributed by atoms with Crippen LogP contribution in [0.15, 0.2) is 0 Å². The summed E-state index contributed by atoms with van der Waals surface area (Å²) in [4.78, 5) is 11.2. The molecular formula is C15H30O2. The molecular weight excluding hydrogens is 212 g/mol. The largest absolute Gasteiger partial charge is 0.466 e. The van der Waals surface area contributed by atoms with Crippen molar-refractivity contribution in [1.29, 1.82) is 0 Å². The summed E-state index contributed by atoms with van der Waals surface area (Å²) in [6, 6.07) is 0. The van der Waals surface area contributed by atoms with Crippen LogP contribution in [-0.2, 0) is 9.53 Å². The van der Waals surface area contributed by atoms with Gasteiger partial charge in [-0.05, 0) is 31.6 Å². The molecule has 0 radical (unpaired) electrons. The van der Waals surface area contributed by atoms with Crippen LogP contribution < -0.4 is 0 Å². The van der Waals surface area contributed by atoms with Gasteiger partial charge in [0.2, 0.25) is 0 Å². The third kappa shape index (κ3) is 10.3. The van der Waals surface area contributed by atoms with Crippen LogP contribution >= 0.6 is 0 Å². The Balaban J connectivity index is 3.59. The number of rotatable bonds is 10. The molecule has 0 heterocycles. The lowest BCUT2D eigenvalue weighted by atomic mass is 9.82. The van der Waals surface area contributed by atoms with Crippen molar-refractivity contribution in [2.75, 3.05) is 6.61 Å². The first-order valence-corrected chi connectivity index (χ1v) is 7.17. The highest BCUT2D eigenvalue weighted by atomic mass is 16.5. The summed E-state index contributed by atoms with van der Waals surface area (Å²) in [5.41, 5.74) is 0.375. The van der Waals surface area contributed by atoms with Crippen molar-refractivity contribution in [3.05, 3.63) is 0 Å². The normalized spacial score (nSPS) is 11.5. The van der Waals surface area contributed by atoms with Crippen molar-refractivity contribution in [2.45, 2.75) is 79.1 Å². The molecule has 2 heteroatoms. The lowest BCUT2D eigenvalue weighted by molar-refractivity contribution is -0.143. The van der Waals surface area contributed by atoms with E-state index in [4.69, 9.17) is 4.74 Å². The maximum Gasteiger partial charge on any atom is 0.305 e. The van der Waals surface area contributed by atoms with Crippen molar-refractivity contribution in [3.63, 3.8) is 0 Å². The molecule has 0 saturated carbocycles. The quantitative estimate of drug-likeness (QED) is 0.409. The minimum atomic E-state index is -0.0470. The molecule has 0 fully saturated rings. The summed E-state index contributed by atoms with van der Waals surface area (Å²) >= 11 is 0. The third-order valence-electron chi connectivity index (χ3n) is 3.25. The number of carbonyl (C=O) groups is 1. The van der Waals surface area contributed by atoms with Gasteiger partial charge in [0.05, 0.1) is 6.61 Å². The second-order valence-electron chi connectivity index (χ2n) is 5.63. The highest BCUT2D eigenvalue weighted by Crippen LogP contribution is 2.29. The fourth-order valence-corrected chi connectivity index (χ4v) is 2.10. The standard InChI is InChI=1S/C15H30O2/c1-5-7-8-9-12-15(3,4)13-10-11-14(16)17-6-2/h5-13H2,1-4H3. The Labute approximate surface area is 107 Å². The molecule has 0 amide bonds. The maximum atomic E-state index is 11.2. The second kappa shape index (κ2) is 9.49. The number of hydrogen-bond donors (Lipinski definition) is 0. The van der Waals surface area contributed by atoms with Gasteiger partial charge in [-0.25, -0.2) is 0 Å². The molecule has 0 aliphatic heterocycles. The van der Waals surface area contributed by atoms with E-state index >= 15 is 0 Å². The van der Waals surface area contributed by atoms with E-state index in [9.17, 15) is 4.79 Å². The maximum absolute atomic E-state index is 11.2. The van der Waals surface area contributed by atoms with Crippen LogP contribution in [0.1, 0.15) is 79.1 Å². The Morgan fingerprint density at radius 2 is 1.65 bits per heavy atom. The molecule has 102 valence electrons. The Hall–Kier alpha value is -0.530. The van der Waals surface area contributed by atoms with E-state index in [1.54, 1.807) is 0 Å². The van der Waals surface area contributed by atoms with Crippen molar-refractivity contribution in [3.8, 4) is 0 Å². The minimum Gasteiger partial charge on any atom is -0.466 e. The average molecular weight is 242 g/mol.